The molecule has 0 radical (unpaired) electrons. The Morgan fingerprint density at radius 2 is 2.17 bits per heavy atom. The minimum absolute atomic E-state index is 0.270. The SMILES string of the molecule is Cc1nn(C)c(CC(=O)CC2CCNCC2)c1Cl. The van der Waals surface area contributed by atoms with E-state index < -0.39 is 0 Å². The average Bonchev–Trinajstić information content (AvgIpc) is 2.57. The summed E-state index contributed by atoms with van der Waals surface area (Å²) >= 11 is 6.16. The Morgan fingerprint density at radius 3 is 2.72 bits per heavy atom. The summed E-state index contributed by atoms with van der Waals surface area (Å²) < 4.78 is 1.72. The highest BCUT2D eigenvalue weighted by Gasteiger charge is 2.19. The third kappa shape index (κ3) is 3.12. The van der Waals surface area contributed by atoms with Crippen LogP contribution in [0.25, 0.3) is 0 Å². The van der Waals surface area contributed by atoms with Gasteiger partial charge in [0.2, 0.25) is 0 Å². The van der Waals surface area contributed by atoms with E-state index in [-0.39, 0.29) is 5.78 Å². The lowest BCUT2D eigenvalue weighted by Crippen LogP contribution is -2.29. The van der Waals surface area contributed by atoms with Crippen molar-refractivity contribution in [2.75, 3.05) is 13.1 Å². The first kappa shape index (κ1) is 13.6. The average molecular weight is 270 g/mol. The Balaban J connectivity index is 1.94. The lowest BCUT2D eigenvalue weighted by Gasteiger charge is -2.21. The van der Waals surface area contributed by atoms with Crippen molar-refractivity contribution in [1.82, 2.24) is 15.1 Å². The van der Waals surface area contributed by atoms with Crippen LogP contribution < -0.4 is 5.32 Å². The maximum atomic E-state index is 12.1. The van der Waals surface area contributed by atoms with Crippen LogP contribution in [0.15, 0.2) is 0 Å². The zero-order valence-corrected chi connectivity index (χ0v) is 11.8. The minimum atomic E-state index is 0.270. The van der Waals surface area contributed by atoms with Crippen molar-refractivity contribution >= 4 is 17.4 Å². The van der Waals surface area contributed by atoms with E-state index in [4.69, 9.17) is 11.6 Å². The third-order valence-corrected chi connectivity index (χ3v) is 4.09. The summed E-state index contributed by atoms with van der Waals surface area (Å²) in [4.78, 5) is 12.1. The molecule has 1 fully saturated rings. The molecule has 18 heavy (non-hydrogen) atoms. The van der Waals surface area contributed by atoms with Gasteiger partial charge in [-0.2, -0.15) is 5.10 Å². The second kappa shape index (κ2) is 5.85. The third-order valence-electron chi connectivity index (χ3n) is 3.60. The smallest absolute Gasteiger partial charge is 0.139 e. The number of Topliss-reactive ketones (excluding diaryl/α,β-unsaturated/α-hetero) is 1. The summed E-state index contributed by atoms with van der Waals surface area (Å²) in [6.45, 7) is 3.93. The quantitative estimate of drug-likeness (QED) is 0.908. The Hall–Kier alpha value is -0.870. The Labute approximate surface area is 113 Å². The summed E-state index contributed by atoms with van der Waals surface area (Å²) in [5, 5.41) is 8.18. The molecule has 100 valence electrons. The molecule has 0 aromatic carbocycles. The molecular formula is C13H20ClN3O. The van der Waals surface area contributed by atoms with Crippen LogP contribution in [0.5, 0.6) is 0 Å². The zero-order valence-electron chi connectivity index (χ0n) is 11.0. The molecule has 0 spiro atoms. The second-order valence-electron chi connectivity index (χ2n) is 5.08. The monoisotopic (exact) mass is 269 g/mol. The van der Waals surface area contributed by atoms with Gasteiger partial charge in [0.1, 0.15) is 5.78 Å². The number of piperidine rings is 1. The Morgan fingerprint density at radius 1 is 1.50 bits per heavy atom. The number of aryl methyl sites for hydroxylation is 2. The van der Waals surface area contributed by atoms with E-state index in [2.05, 4.69) is 10.4 Å². The van der Waals surface area contributed by atoms with Crippen LogP contribution in [0.3, 0.4) is 0 Å². The van der Waals surface area contributed by atoms with E-state index in [1.54, 1.807) is 4.68 Å². The van der Waals surface area contributed by atoms with Gasteiger partial charge < -0.3 is 5.32 Å². The molecule has 1 aromatic rings. The van der Waals surface area contributed by atoms with Gasteiger partial charge in [-0.25, -0.2) is 0 Å². The summed E-state index contributed by atoms with van der Waals surface area (Å²) in [6, 6.07) is 0. The predicted octanol–water partition coefficient (Wildman–Crippen LogP) is 1.88. The molecule has 1 aliphatic rings. The number of hydrogen-bond donors (Lipinski definition) is 1. The van der Waals surface area contributed by atoms with E-state index in [1.165, 1.54) is 0 Å². The largest absolute Gasteiger partial charge is 0.317 e. The maximum Gasteiger partial charge on any atom is 0.139 e. The van der Waals surface area contributed by atoms with Crippen molar-refractivity contribution in [1.29, 1.82) is 0 Å². The van der Waals surface area contributed by atoms with Crippen LogP contribution in [-0.2, 0) is 18.3 Å². The molecule has 0 amide bonds. The van der Waals surface area contributed by atoms with E-state index in [9.17, 15) is 4.79 Å². The molecule has 1 N–H and O–H groups in total. The van der Waals surface area contributed by atoms with Crippen LogP contribution in [0.2, 0.25) is 5.02 Å². The topological polar surface area (TPSA) is 46.9 Å². The van der Waals surface area contributed by atoms with E-state index in [1.807, 2.05) is 14.0 Å². The number of carbonyl (C=O) groups is 1. The summed E-state index contributed by atoms with van der Waals surface area (Å²) in [5.74, 6) is 0.804. The van der Waals surface area contributed by atoms with Gasteiger partial charge in [-0.3, -0.25) is 9.48 Å². The molecule has 1 aliphatic heterocycles. The molecule has 1 aromatic heterocycles. The standard InChI is InChI=1S/C13H20ClN3O/c1-9-13(14)12(17(2)16-9)8-11(18)7-10-3-5-15-6-4-10/h10,15H,3-8H2,1-2H3. The molecule has 0 atom stereocenters. The Bertz CT molecular complexity index is 436. The van der Waals surface area contributed by atoms with E-state index >= 15 is 0 Å². The second-order valence-corrected chi connectivity index (χ2v) is 5.46. The van der Waals surface area contributed by atoms with Crippen LogP contribution in [0.4, 0.5) is 0 Å². The van der Waals surface area contributed by atoms with Gasteiger partial charge in [0, 0.05) is 19.9 Å². The number of aromatic nitrogens is 2. The number of ketones is 1. The molecule has 0 unspecified atom stereocenters. The predicted molar refractivity (Wildman–Crippen MR) is 71.9 cm³/mol. The molecule has 5 heteroatoms. The first-order valence-electron chi connectivity index (χ1n) is 6.48. The summed E-state index contributed by atoms with van der Waals surface area (Å²) in [7, 11) is 1.84. The number of nitrogens with one attached hydrogen (secondary N) is 1. The van der Waals surface area contributed by atoms with Crippen LogP contribution >= 0.6 is 11.6 Å². The lowest BCUT2D eigenvalue weighted by molar-refractivity contribution is -0.119. The molecule has 0 aliphatic carbocycles. The van der Waals surface area contributed by atoms with Crippen molar-refractivity contribution in [3.63, 3.8) is 0 Å². The molecule has 2 heterocycles. The molecule has 2 rings (SSSR count). The van der Waals surface area contributed by atoms with Crippen molar-refractivity contribution in [3.05, 3.63) is 16.4 Å². The fourth-order valence-corrected chi connectivity index (χ4v) is 2.77. The lowest BCUT2D eigenvalue weighted by atomic mass is 9.91. The minimum Gasteiger partial charge on any atom is -0.317 e. The normalized spacial score (nSPS) is 17.1. The number of hydrogen-bond acceptors (Lipinski definition) is 3. The maximum absolute atomic E-state index is 12.1. The van der Waals surface area contributed by atoms with Crippen LogP contribution in [-0.4, -0.2) is 28.7 Å². The van der Waals surface area contributed by atoms with Crippen LogP contribution in [0, 0.1) is 12.8 Å². The van der Waals surface area contributed by atoms with Gasteiger partial charge >= 0.3 is 0 Å². The number of halogens is 1. The van der Waals surface area contributed by atoms with E-state index in [0.717, 1.165) is 37.3 Å². The van der Waals surface area contributed by atoms with Crippen molar-refractivity contribution in [2.24, 2.45) is 13.0 Å². The molecular weight excluding hydrogens is 250 g/mol. The summed E-state index contributed by atoms with van der Waals surface area (Å²) in [5.41, 5.74) is 1.64. The molecule has 4 nitrogen and oxygen atoms in total. The van der Waals surface area contributed by atoms with Crippen LogP contribution in [0.1, 0.15) is 30.7 Å². The van der Waals surface area contributed by atoms with Gasteiger partial charge in [0.15, 0.2) is 0 Å². The van der Waals surface area contributed by atoms with Gasteiger partial charge in [0.25, 0.3) is 0 Å². The zero-order chi connectivity index (χ0) is 13.1. The molecule has 1 saturated heterocycles. The van der Waals surface area contributed by atoms with Crippen molar-refractivity contribution < 1.29 is 4.79 Å². The fourth-order valence-electron chi connectivity index (χ4n) is 2.54. The highest BCUT2D eigenvalue weighted by molar-refractivity contribution is 6.32. The van der Waals surface area contributed by atoms with Gasteiger partial charge in [-0.05, 0) is 38.8 Å². The fraction of sp³-hybridized carbons (Fsp3) is 0.692. The first-order valence-corrected chi connectivity index (χ1v) is 6.86. The van der Waals surface area contributed by atoms with E-state index in [0.29, 0.717) is 23.8 Å². The molecule has 0 bridgehead atoms. The Kier molecular flexibility index (Phi) is 4.40. The number of nitrogens with zero attached hydrogens (tertiary/aromatic N) is 2. The summed E-state index contributed by atoms with van der Waals surface area (Å²) in [6.07, 6.45) is 3.27. The number of carbonyl (C=O) groups excluding carboxylic acids is 1. The highest BCUT2D eigenvalue weighted by atomic mass is 35.5. The number of rotatable bonds is 4. The van der Waals surface area contributed by atoms with Gasteiger partial charge in [0.05, 0.1) is 16.4 Å². The molecule has 0 saturated carbocycles. The van der Waals surface area contributed by atoms with Gasteiger partial charge in [-0.15, -0.1) is 0 Å². The van der Waals surface area contributed by atoms with Gasteiger partial charge in [-0.1, -0.05) is 11.6 Å². The van der Waals surface area contributed by atoms with Crippen molar-refractivity contribution in [3.8, 4) is 0 Å². The first-order chi connectivity index (χ1) is 8.58. The highest BCUT2D eigenvalue weighted by Crippen LogP contribution is 2.22. The van der Waals surface area contributed by atoms with Crippen molar-refractivity contribution in [2.45, 2.75) is 32.6 Å².